The number of nitrogens with one attached hydrogen (secondary N) is 2. The lowest BCUT2D eigenvalue weighted by molar-refractivity contribution is 0.101. The summed E-state index contributed by atoms with van der Waals surface area (Å²) in [5.41, 5.74) is 4.16. The average Bonchev–Trinajstić information content (AvgIpc) is 2.85. The molecule has 1 aliphatic heterocycles. The Morgan fingerprint density at radius 3 is 2.90 bits per heavy atom. The van der Waals surface area contributed by atoms with Gasteiger partial charge in [0.1, 0.15) is 5.69 Å². The van der Waals surface area contributed by atoms with E-state index in [9.17, 15) is 4.79 Å². The quantitative estimate of drug-likeness (QED) is 0.892. The van der Waals surface area contributed by atoms with E-state index >= 15 is 0 Å². The van der Waals surface area contributed by atoms with Crippen LogP contribution in [0.25, 0.3) is 0 Å². The molecule has 1 aromatic heterocycles. The third kappa shape index (κ3) is 2.86. The molecule has 20 heavy (non-hydrogen) atoms. The fourth-order valence-electron chi connectivity index (χ4n) is 2.45. The van der Waals surface area contributed by atoms with Crippen molar-refractivity contribution in [2.24, 2.45) is 7.05 Å². The second-order valence-corrected chi connectivity index (χ2v) is 4.87. The number of aromatic nitrogens is 1. The van der Waals surface area contributed by atoms with Gasteiger partial charge in [0.15, 0.2) is 0 Å². The summed E-state index contributed by atoms with van der Waals surface area (Å²) < 4.78 is 1.81. The molecule has 0 bridgehead atoms. The zero-order valence-corrected chi connectivity index (χ0v) is 12.2. The lowest BCUT2D eigenvalue weighted by atomic mass is 10.0. The molecule has 0 saturated heterocycles. The molecule has 2 heterocycles. The van der Waals surface area contributed by atoms with E-state index in [0.717, 1.165) is 25.2 Å². The number of rotatable bonds is 2. The third-order valence-corrected chi connectivity index (χ3v) is 3.53. The molecule has 0 aliphatic carbocycles. The monoisotopic (exact) mass is 291 g/mol. The van der Waals surface area contributed by atoms with Crippen molar-refractivity contribution >= 4 is 24.0 Å². The Morgan fingerprint density at radius 1 is 1.30 bits per heavy atom. The van der Waals surface area contributed by atoms with Gasteiger partial charge in [0.2, 0.25) is 0 Å². The molecule has 0 unspecified atom stereocenters. The van der Waals surface area contributed by atoms with Crippen molar-refractivity contribution in [2.45, 2.75) is 13.0 Å². The smallest absolute Gasteiger partial charge is 0.272 e. The van der Waals surface area contributed by atoms with Gasteiger partial charge in [-0.25, -0.2) is 0 Å². The van der Waals surface area contributed by atoms with E-state index < -0.39 is 0 Å². The fourth-order valence-corrected chi connectivity index (χ4v) is 2.45. The zero-order valence-electron chi connectivity index (χ0n) is 11.3. The number of nitrogens with zero attached hydrogens (tertiary/aromatic N) is 1. The predicted octanol–water partition coefficient (Wildman–Crippen LogP) is 2.34. The maximum Gasteiger partial charge on any atom is 0.272 e. The normalized spacial score (nSPS) is 13.2. The van der Waals surface area contributed by atoms with E-state index in [1.165, 1.54) is 11.1 Å². The van der Waals surface area contributed by atoms with Crippen molar-refractivity contribution in [3.05, 3.63) is 53.3 Å². The standard InChI is InChI=1S/C15H17N3O.ClH/c1-18-8-2-3-14(18)15(19)17-13-5-4-11-6-7-16-10-12(11)9-13;/h2-5,8-9,16H,6-7,10H2,1H3,(H,17,19);1H. The molecule has 2 N–H and O–H groups in total. The highest BCUT2D eigenvalue weighted by Gasteiger charge is 2.12. The van der Waals surface area contributed by atoms with Crippen molar-refractivity contribution in [1.29, 1.82) is 0 Å². The molecule has 0 saturated carbocycles. The average molecular weight is 292 g/mol. The molecule has 1 aliphatic rings. The Bertz CT molecular complexity index is 621. The highest BCUT2D eigenvalue weighted by Crippen LogP contribution is 2.19. The van der Waals surface area contributed by atoms with Crippen molar-refractivity contribution < 1.29 is 4.79 Å². The van der Waals surface area contributed by atoms with Crippen LogP contribution in [0.4, 0.5) is 5.69 Å². The van der Waals surface area contributed by atoms with E-state index in [1.54, 1.807) is 0 Å². The molecular weight excluding hydrogens is 274 g/mol. The molecular formula is C15H18ClN3O. The van der Waals surface area contributed by atoms with Crippen LogP contribution in [-0.2, 0) is 20.0 Å². The minimum atomic E-state index is -0.0729. The van der Waals surface area contributed by atoms with Gasteiger partial charge in [-0.1, -0.05) is 6.07 Å². The second kappa shape index (κ2) is 6.11. The van der Waals surface area contributed by atoms with Crippen LogP contribution in [0, 0.1) is 0 Å². The fraction of sp³-hybridized carbons (Fsp3) is 0.267. The van der Waals surface area contributed by atoms with Crippen LogP contribution in [0.3, 0.4) is 0 Å². The lowest BCUT2D eigenvalue weighted by Gasteiger charge is -2.18. The summed E-state index contributed by atoms with van der Waals surface area (Å²) in [4.78, 5) is 12.1. The number of amides is 1. The molecule has 0 radical (unpaired) electrons. The van der Waals surface area contributed by atoms with Crippen molar-refractivity contribution in [2.75, 3.05) is 11.9 Å². The molecule has 4 nitrogen and oxygen atoms in total. The van der Waals surface area contributed by atoms with Gasteiger partial charge in [0, 0.05) is 25.5 Å². The van der Waals surface area contributed by atoms with Crippen LogP contribution < -0.4 is 10.6 Å². The highest BCUT2D eigenvalue weighted by molar-refractivity contribution is 6.03. The van der Waals surface area contributed by atoms with Gasteiger partial charge in [-0.2, -0.15) is 0 Å². The van der Waals surface area contributed by atoms with E-state index in [2.05, 4.69) is 22.8 Å². The summed E-state index contributed by atoms with van der Waals surface area (Å²) in [5.74, 6) is -0.0729. The number of hydrogen-bond donors (Lipinski definition) is 2. The first-order chi connectivity index (χ1) is 9.24. The van der Waals surface area contributed by atoms with Crippen LogP contribution in [-0.4, -0.2) is 17.0 Å². The Hall–Kier alpha value is -1.78. The molecule has 0 atom stereocenters. The summed E-state index contributed by atoms with van der Waals surface area (Å²) >= 11 is 0. The minimum Gasteiger partial charge on any atom is -0.347 e. The Balaban J connectivity index is 0.00000147. The van der Waals surface area contributed by atoms with Crippen molar-refractivity contribution in [3.63, 3.8) is 0 Å². The van der Waals surface area contributed by atoms with Crippen LogP contribution >= 0.6 is 12.4 Å². The topological polar surface area (TPSA) is 46.1 Å². The molecule has 1 amide bonds. The van der Waals surface area contributed by atoms with Gasteiger partial charge in [-0.3, -0.25) is 4.79 Å². The maximum absolute atomic E-state index is 12.1. The second-order valence-electron chi connectivity index (χ2n) is 4.87. The van der Waals surface area contributed by atoms with Crippen LogP contribution in [0.15, 0.2) is 36.5 Å². The SMILES string of the molecule is Cl.Cn1cccc1C(=O)Nc1ccc2c(c1)CNCC2. The van der Waals surface area contributed by atoms with Crippen LogP contribution in [0.1, 0.15) is 21.6 Å². The van der Waals surface area contributed by atoms with Gasteiger partial charge < -0.3 is 15.2 Å². The number of benzene rings is 1. The number of hydrogen-bond acceptors (Lipinski definition) is 2. The molecule has 3 rings (SSSR count). The lowest BCUT2D eigenvalue weighted by Crippen LogP contribution is -2.24. The summed E-state index contributed by atoms with van der Waals surface area (Å²) in [6.07, 6.45) is 2.92. The molecule has 5 heteroatoms. The van der Waals surface area contributed by atoms with Crippen molar-refractivity contribution in [1.82, 2.24) is 9.88 Å². The van der Waals surface area contributed by atoms with Gasteiger partial charge in [-0.15, -0.1) is 12.4 Å². The van der Waals surface area contributed by atoms with E-state index in [4.69, 9.17) is 0 Å². The first-order valence-electron chi connectivity index (χ1n) is 6.49. The van der Waals surface area contributed by atoms with Crippen LogP contribution in [0.5, 0.6) is 0 Å². The van der Waals surface area contributed by atoms with Gasteiger partial charge in [-0.05, 0) is 48.4 Å². The highest BCUT2D eigenvalue weighted by atomic mass is 35.5. The number of anilines is 1. The zero-order chi connectivity index (χ0) is 13.2. The molecule has 1 aromatic carbocycles. The summed E-state index contributed by atoms with van der Waals surface area (Å²) in [5, 5.41) is 6.29. The molecule has 0 fully saturated rings. The maximum atomic E-state index is 12.1. The van der Waals surface area contributed by atoms with Gasteiger partial charge in [0.25, 0.3) is 5.91 Å². The number of carbonyl (C=O) groups is 1. The number of aryl methyl sites for hydroxylation is 1. The van der Waals surface area contributed by atoms with E-state index in [-0.39, 0.29) is 18.3 Å². The summed E-state index contributed by atoms with van der Waals surface area (Å²) in [6, 6.07) is 9.82. The molecule has 2 aromatic rings. The predicted molar refractivity (Wildman–Crippen MR) is 82.5 cm³/mol. The largest absolute Gasteiger partial charge is 0.347 e. The molecule has 0 spiro atoms. The Labute approximate surface area is 124 Å². The first-order valence-corrected chi connectivity index (χ1v) is 6.49. The Morgan fingerprint density at radius 2 is 2.15 bits per heavy atom. The minimum absolute atomic E-state index is 0. The van der Waals surface area contributed by atoms with Gasteiger partial charge in [0.05, 0.1) is 0 Å². The number of carbonyl (C=O) groups excluding carboxylic acids is 1. The summed E-state index contributed by atoms with van der Waals surface area (Å²) in [7, 11) is 1.87. The Kier molecular flexibility index (Phi) is 4.47. The first kappa shape index (κ1) is 14.6. The molecule has 106 valence electrons. The van der Waals surface area contributed by atoms with Gasteiger partial charge >= 0.3 is 0 Å². The summed E-state index contributed by atoms with van der Waals surface area (Å²) in [6.45, 7) is 1.91. The number of fused-ring (bicyclic) bond motifs is 1. The van der Waals surface area contributed by atoms with Crippen molar-refractivity contribution in [3.8, 4) is 0 Å². The van der Waals surface area contributed by atoms with Crippen LogP contribution in [0.2, 0.25) is 0 Å². The van der Waals surface area contributed by atoms with E-state index in [0.29, 0.717) is 5.69 Å². The third-order valence-electron chi connectivity index (χ3n) is 3.53. The number of halogens is 1. The van der Waals surface area contributed by atoms with E-state index in [1.807, 2.05) is 36.0 Å².